The van der Waals surface area contributed by atoms with Crippen LogP contribution in [0.5, 0.6) is 0 Å². The Morgan fingerprint density at radius 1 is 0.639 bits per heavy atom. The van der Waals surface area contributed by atoms with Crippen LogP contribution < -0.4 is 5.11 Å². The lowest BCUT2D eigenvalue weighted by Crippen LogP contribution is -2.74. The van der Waals surface area contributed by atoms with Crippen molar-refractivity contribution in [1.82, 2.24) is 0 Å². The molecule has 0 aromatic carbocycles. The van der Waals surface area contributed by atoms with Gasteiger partial charge in [0.1, 0.15) is 6.04 Å². The van der Waals surface area contributed by atoms with Crippen molar-refractivity contribution in [3.05, 3.63) is 12.2 Å². The lowest BCUT2D eigenvalue weighted by atomic mass is 9.91. The Labute approximate surface area is 219 Å². The number of carboxylic acids is 3. The highest BCUT2D eigenvalue weighted by Crippen LogP contribution is 2.34. The van der Waals surface area contributed by atoms with E-state index in [1.807, 2.05) is 20.8 Å². The second kappa shape index (κ2) is 20.2. The molecule has 210 valence electrons. The predicted octanol–water partition coefficient (Wildman–Crippen LogP) is 5.71. The lowest BCUT2D eigenvalue weighted by molar-refractivity contribution is -0.975. The molecular formula is C29H53NO6. The highest BCUT2D eigenvalue weighted by atomic mass is 16.4. The molecule has 36 heavy (non-hydrogen) atoms. The van der Waals surface area contributed by atoms with E-state index >= 15 is 0 Å². The van der Waals surface area contributed by atoms with Crippen LogP contribution in [0.25, 0.3) is 0 Å². The van der Waals surface area contributed by atoms with Crippen molar-refractivity contribution in [2.45, 2.75) is 149 Å². The van der Waals surface area contributed by atoms with Crippen LogP contribution in [0.15, 0.2) is 12.2 Å². The first-order valence-corrected chi connectivity index (χ1v) is 14.4. The molecule has 0 bridgehead atoms. The molecule has 0 radical (unpaired) electrons. The summed E-state index contributed by atoms with van der Waals surface area (Å²) in [6, 6.07) is -3.34. The van der Waals surface area contributed by atoms with Gasteiger partial charge in [-0.15, -0.1) is 0 Å². The predicted molar refractivity (Wildman–Crippen MR) is 142 cm³/mol. The summed E-state index contributed by atoms with van der Waals surface area (Å²) in [5, 5.41) is 32.8. The molecule has 3 unspecified atom stereocenters. The topological polar surface area (TPSA) is 115 Å². The minimum atomic E-state index is -1.34. The number of hydrogen-bond acceptors (Lipinski definition) is 4. The summed E-state index contributed by atoms with van der Waals surface area (Å²) >= 11 is 0. The molecule has 0 aliphatic rings. The maximum Gasteiger partial charge on any atom is 0.362 e. The Bertz CT molecular complexity index is 588. The largest absolute Gasteiger partial charge is 0.544 e. The number of nitrogens with zero attached hydrogens (tertiary/aromatic N) is 1. The fourth-order valence-corrected chi connectivity index (χ4v) is 5.56. The molecule has 0 saturated heterocycles. The second-order valence-corrected chi connectivity index (χ2v) is 10.2. The molecule has 0 saturated carbocycles. The van der Waals surface area contributed by atoms with Gasteiger partial charge in [0.25, 0.3) is 0 Å². The van der Waals surface area contributed by atoms with Crippen LogP contribution in [0.2, 0.25) is 0 Å². The Balaban J connectivity index is 5.62. The van der Waals surface area contributed by atoms with Crippen LogP contribution in [0.4, 0.5) is 0 Å². The fraction of sp³-hybridized carbons (Fsp3) is 0.828. The standard InChI is InChI=1S/C29H53NO6/c1-5-9-10-11-12-13-14-15-16-17-18-19-23-30(24(20-6-2)27(31)32,25(21-7-3)28(33)34)26(22-8-4)29(35)36/h12-13,24-26H,5-11,14-23H2,1-4H3,(H2-,31,32,33,34,35,36)/b13-12+. The highest BCUT2D eigenvalue weighted by molar-refractivity contribution is 5.77. The second-order valence-electron chi connectivity index (χ2n) is 10.2. The first-order chi connectivity index (χ1) is 17.2. The maximum atomic E-state index is 12.5. The van der Waals surface area contributed by atoms with Crippen molar-refractivity contribution in [2.24, 2.45) is 0 Å². The minimum Gasteiger partial charge on any atom is -0.544 e. The van der Waals surface area contributed by atoms with Crippen LogP contribution in [0, 0.1) is 0 Å². The number of carbonyl (C=O) groups is 3. The average Bonchev–Trinajstić information content (AvgIpc) is 2.83. The summed E-state index contributed by atoms with van der Waals surface area (Å²) in [6.45, 7) is 7.98. The van der Waals surface area contributed by atoms with E-state index in [0.717, 1.165) is 38.5 Å². The summed E-state index contributed by atoms with van der Waals surface area (Å²) in [6.07, 6.45) is 17.2. The summed E-state index contributed by atoms with van der Waals surface area (Å²) in [4.78, 5) is 37.4. The minimum absolute atomic E-state index is 0.202. The number of aliphatic carboxylic acids is 3. The molecule has 0 aliphatic heterocycles. The van der Waals surface area contributed by atoms with E-state index < -0.39 is 40.5 Å². The highest BCUT2D eigenvalue weighted by Gasteiger charge is 2.54. The third-order valence-electron chi connectivity index (χ3n) is 7.33. The zero-order chi connectivity index (χ0) is 27.4. The maximum absolute atomic E-state index is 12.5. The Hall–Kier alpha value is -1.89. The van der Waals surface area contributed by atoms with Crippen molar-refractivity contribution in [1.29, 1.82) is 0 Å². The third-order valence-corrected chi connectivity index (χ3v) is 7.33. The third kappa shape index (κ3) is 11.4. The van der Waals surface area contributed by atoms with Gasteiger partial charge in [-0.05, 0) is 51.4 Å². The van der Waals surface area contributed by atoms with Crippen molar-refractivity contribution in [3.8, 4) is 0 Å². The fourth-order valence-electron chi connectivity index (χ4n) is 5.56. The van der Waals surface area contributed by atoms with E-state index in [1.165, 1.54) is 19.3 Å². The van der Waals surface area contributed by atoms with Crippen LogP contribution in [0.3, 0.4) is 0 Å². The van der Waals surface area contributed by atoms with E-state index in [2.05, 4.69) is 19.1 Å². The van der Waals surface area contributed by atoms with Crippen LogP contribution in [-0.2, 0) is 14.4 Å². The molecule has 7 nitrogen and oxygen atoms in total. The molecule has 0 heterocycles. The molecule has 2 N–H and O–H groups in total. The van der Waals surface area contributed by atoms with Crippen LogP contribution >= 0.6 is 0 Å². The smallest absolute Gasteiger partial charge is 0.362 e. The zero-order valence-corrected chi connectivity index (χ0v) is 23.4. The van der Waals surface area contributed by atoms with Gasteiger partial charge < -0.3 is 20.1 Å². The van der Waals surface area contributed by atoms with E-state index in [0.29, 0.717) is 25.7 Å². The van der Waals surface area contributed by atoms with Crippen molar-refractivity contribution in [3.63, 3.8) is 0 Å². The summed E-state index contributed by atoms with van der Waals surface area (Å²) in [5.41, 5.74) is 0. The van der Waals surface area contributed by atoms with E-state index in [9.17, 15) is 29.7 Å². The molecule has 0 fully saturated rings. The number of carboxylic acid groups (broad SMARTS) is 3. The summed E-state index contributed by atoms with van der Waals surface area (Å²) < 4.78 is -0.441. The van der Waals surface area contributed by atoms with Gasteiger partial charge in [-0.25, -0.2) is 9.59 Å². The summed E-state index contributed by atoms with van der Waals surface area (Å²) in [5.74, 6) is -3.58. The number of allylic oxidation sites excluding steroid dienone is 2. The number of rotatable bonds is 24. The van der Waals surface area contributed by atoms with Gasteiger partial charge in [0, 0.05) is 19.3 Å². The van der Waals surface area contributed by atoms with Gasteiger partial charge in [0.15, 0.2) is 12.1 Å². The Morgan fingerprint density at radius 3 is 1.47 bits per heavy atom. The average molecular weight is 512 g/mol. The normalized spacial score (nSPS) is 15.9. The molecule has 0 aromatic rings. The zero-order valence-electron chi connectivity index (χ0n) is 23.4. The Kier molecular flexibility index (Phi) is 19.1. The molecule has 3 atom stereocenters. The van der Waals surface area contributed by atoms with Crippen LogP contribution in [-0.4, -0.2) is 57.3 Å². The Morgan fingerprint density at radius 2 is 1.06 bits per heavy atom. The van der Waals surface area contributed by atoms with Gasteiger partial charge >= 0.3 is 11.9 Å². The monoisotopic (exact) mass is 511 g/mol. The molecule has 0 amide bonds. The summed E-state index contributed by atoms with van der Waals surface area (Å²) in [7, 11) is 0. The van der Waals surface area contributed by atoms with Crippen LogP contribution in [0.1, 0.15) is 130 Å². The van der Waals surface area contributed by atoms with Gasteiger partial charge in [-0.1, -0.05) is 72.0 Å². The lowest BCUT2D eigenvalue weighted by Gasteiger charge is -2.52. The van der Waals surface area contributed by atoms with Gasteiger partial charge in [0.2, 0.25) is 0 Å². The number of hydrogen-bond donors (Lipinski definition) is 2. The first-order valence-electron chi connectivity index (χ1n) is 14.4. The van der Waals surface area contributed by atoms with Crippen molar-refractivity contribution >= 4 is 17.9 Å². The molecular weight excluding hydrogens is 458 g/mol. The van der Waals surface area contributed by atoms with Gasteiger partial charge in [-0.3, -0.25) is 4.48 Å². The first kappa shape index (κ1) is 34.1. The molecule has 7 heteroatoms. The van der Waals surface area contributed by atoms with Gasteiger partial charge in [0.05, 0.1) is 12.5 Å². The van der Waals surface area contributed by atoms with E-state index in [-0.39, 0.29) is 25.8 Å². The van der Waals surface area contributed by atoms with Crippen molar-refractivity contribution < 1.29 is 34.2 Å². The number of unbranched alkanes of at least 4 members (excludes halogenated alkanes) is 8. The van der Waals surface area contributed by atoms with E-state index in [1.54, 1.807) is 0 Å². The SMILES string of the molecule is CCCCC/C=C/CCCCCCC[N+](C(CCC)C(=O)[O-])(C(CCC)C(=O)O)C(CCC)C(=O)O. The van der Waals surface area contributed by atoms with Gasteiger partial charge in [-0.2, -0.15) is 0 Å². The van der Waals surface area contributed by atoms with E-state index in [4.69, 9.17) is 0 Å². The molecule has 0 spiro atoms. The molecule has 0 aromatic heterocycles. The quantitative estimate of drug-likeness (QED) is 0.0975. The molecule has 0 rings (SSSR count). The number of carbonyl (C=O) groups excluding carboxylic acids is 1. The van der Waals surface area contributed by atoms with Crippen molar-refractivity contribution in [2.75, 3.05) is 6.54 Å². The molecule has 0 aliphatic carbocycles. The number of quaternary nitrogens is 1.